The SMILES string of the molecule is CC(C)CNC(=O)C(C)NC(=O)c1cc(N)cn1C(C)C. The minimum Gasteiger partial charge on any atom is -0.397 e. The zero-order valence-corrected chi connectivity index (χ0v) is 13.4. The molecule has 6 nitrogen and oxygen atoms in total. The van der Waals surface area contributed by atoms with Gasteiger partial charge in [-0.2, -0.15) is 0 Å². The summed E-state index contributed by atoms with van der Waals surface area (Å²) < 4.78 is 1.80. The van der Waals surface area contributed by atoms with Crippen molar-refractivity contribution >= 4 is 17.5 Å². The van der Waals surface area contributed by atoms with Crippen LogP contribution in [0.15, 0.2) is 12.3 Å². The van der Waals surface area contributed by atoms with E-state index in [-0.39, 0.29) is 17.9 Å². The van der Waals surface area contributed by atoms with Crippen LogP contribution in [0.3, 0.4) is 0 Å². The number of amides is 2. The lowest BCUT2D eigenvalue weighted by molar-refractivity contribution is -0.122. The van der Waals surface area contributed by atoms with E-state index in [0.29, 0.717) is 23.8 Å². The molecule has 1 unspecified atom stereocenters. The maximum Gasteiger partial charge on any atom is 0.268 e. The van der Waals surface area contributed by atoms with Gasteiger partial charge in [-0.05, 0) is 32.8 Å². The van der Waals surface area contributed by atoms with Gasteiger partial charge in [0.05, 0.1) is 5.69 Å². The topological polar surface area (TPSA) is 89.2 Å². The maximum atomic E-state index is 12.3. The average molecular weight is 294 g/mol. The standard InChI is InChI=1S/C15H26N4O2/c1-9(2)7-17-14(20)11(5)18-15(21)13-6-12(16)8-19(13)10(3)4/h6,8-11H,7,16H2,1-5H3,(H,17,20)(H,18,21). The molecule has 118 valence electrons. The lowest BCUT2D eigenvalue weighted by atomic mass is 10.2. The smallest absolute Gasteiger partial charge is 0.268 e. The summed E-state index contributed by atoms with van der Waals surface area (Å²) in [4.78, 5) is 24.1. The molecule has 0 aliphatic rings. The first-order valence-electron chi connectivity index (χ1n) is 7.28. The predicted octanol–water partition coefficient (Wildman–Crippen LogP) is 1.54. The summed E-state index contributed by atoms with van der Waals surface area (Å²) in [5.41, 5.74) is 6.74. The highest BCUT2D eigenvalue weighted by Crippen LogP contribution is 2.16. The number of nitrogens with zero attached hydrogens (tertiary/aromatic N) is 1. The molecule has 0 aliphatic carbocycles. The highest BCUT2D eigenvalue weighted by molar-refractivity contribution is 5.97. The number of carbonyl (C=O) groups is 2. The monoisotopic (exact) mass is 294 g/mol. The van der Waals surface area contributed by atoms with E-state index in [1.165, 1.54) is 0 Å². The van der Waals surface area contributed by atoms with Crippen molar-refractivity contribution in [3.63, 3.8) is 0 Å². The fraction of sp³-hybridized carbons (Fsp3) is 0.600. The van der Waals surface area contributed by atoms with Gasteiger partial charge in [-0.3, -0.25) is 9.59 Å². The van der Waals surface area contributed by atoms with E-state index in [1.807, 2.05) is 27.7 Å². The van der Waals surface area contributed by atoms with Gasteiger partial charge in [-0.1, -0.05) is 13.8 Å². The van der Waals surface area contributed by atoms with Crippen molar-refractivity contribution < 1.29 is 9.59 Å². The minimum absolute atomic E-state index is 0.119. The van der Waals surface area contributed by atoms with Crippen LogP contribution in [0.5, 0.6) is 0 Å². The largest absolute Gasteiger partial charge is 0.397 e. The van der Waals surface area contributed by atoms with Crippen molar-refractivity contribution in [2.24, 2.45) is 5.92 Å². The predicted molar refractivity (Wildman–Crippen MR) is 84.0 cm³/mol. The number of hydrogen-bond acceptors (Lipinski definition) is 3. The first kappa shape index (κ1) is 17.1. The van der Waals surface area contributed by atoms with Crippen molar-refractivity contribution in [2.45, 2.75) is 46.7 Å². The van der Waals surface area contributed by atoms with E-state index in [2.05, 4.69) is 10.6 Å². The second-order valence-electron chi connectivity index (χ2n) is 5.99. The molecule has 1 rings (SSSR count). The molecule has 0 saturated heterocycles. The molecule has 0 saturated carbocycles. The molecule has 0 fully saturated rings. The van der Waals surface area contributed by atoms with Gasteiger partial charge in [0.2, 0.25) is 5.91 Å². The van der Waals surface area contributed by atoms with Crippen LogP contribution in [-0.2, 0) is 4.79 Å². The first-order chi connectivity index (χ1) is 9.72. The minimum atomic E-state index is -0.590. The van der Waals surface area contributed by atoms with E-state index >= 15 is 0 Å². The fourth-order valence-electron chi connectivity index (χ4n) is 1.90. The van der Waals surface area contributed by atoms with E-state index in [9.17, 15) is 9.59 Å². The highest BCUT2D eigenvalue weighted by atomic mass is 16.2. The Balaban J connectivity index is 2.70. The molecule has 0 aromatic carbocycles. The van der Waals surface area contributed by atoms with Gasteiger partial charge < -0.3 is 20.9 Å². The van der Waals surface area contributed by atoms with Gasteiger partial charge in [0.25, 0.3) is 5.91 Å². The zero-order valence-electron chi connectivity index (χ0n) is 13.4. The molecule has 21 heavy (non-hydrogen) atoms. The molecule has 1 aromatic heterocycles. The number of aromatic nitrogens is 1. The van der Waals surface area contributed by atoms with E-state index < -0.39 is 6.04 Å². The summed E-state index contributed by atoms with van der Waals surface area (Å²) in [6, 6.07) is 1.15. The summed E-state index contributed by atoms with van der Waals surface area (Å²) in [5.74, 6) is -0.116. The van der Waals surface area contributed by atoms with Crippen LogP contribution in [0.1, 0.15) is 51.1 Å². The molecule has 4 N–H and O–H groups in total. The Morgan fingerprint density at radius 2 is 1.86 bits per heavy atom. The maximum absolute atomic E-state index is 12.3. The average Bonchev–Trinajstić information content (AvgIpc) is 2.78. The number of rotatable bonds is 6. The molecule has 1 heterocycles. The quantitative estimate of drug-likeness (QED) is 0.743. The lowest BCUT2D eigenvalue weighted by Gasteiger charge is -2.17. The van der Waals surface area contributed by atoms with Crippen molar-refractivity contribution in [1.29, 1.82) is 0 Å². The van der Waals surface area contributed by atoms with Crippen LogP contribution in [0.4, 0.5) is 5.69 Å². The molecule has 2 amide bonds. The van der Waals surface area contributed by atoms with Crippen molar-refractivity contribution in [3.8, 4) is 0 Å². The summed E-state index contributed by atoms with van der Waals surface area (Å²) in [6.07, 6.45) is 1.73. The Kier molecular flexibility index (Phi) is 5.81. The molecule has 0 spiro atoms. The lowest BCUT2D eigenvalue weighted by Crippen LogP contribution is -2.46. The van der Waals surface area contributed by atoms with Crippen LogP contribution in [-0.4, -0.2) is 29.0 Å². The van der Waals surface area contributed by atoms with E-state index in [4.69, 9.17) is 5.73 Å². The molecule has 6 heteroatoms. The second-order valence-corrected chi connectivity index (χ2v) is 5.99. The Morgan fingerprint density at radius 1 is 1.24 bits per heavy atom. The van der Waals surface area contributed by atoms with Gasteiger partial charge in [-0.25, -0.2) is 0 Å². The normalized spacial score (nSPS) is 12.5. The van der Waals surface area contributed by atoms with Crippen LogP contribution in [0.2, 0.25) is 0 Å². The Labute approximate surface area is 126 Å². The fourth-order valence-corrected chi connectivity index (χ4v) is 1.90. The summed E-state index contributed by atoms with van der Waals surface area (Å²) in [7, 11) is 0. The molecular weight excluding hydrogens is 268 g/mol. The Bertz CT molecular complexity index is 506. The molecule has 0 bridgehead atoms. The number of anilines is 1. The van der Waals surface area contributed by atoms with Crippen LogP contribution < -0.4 is 16.4 Å². The third kappa shape index (κ3) is 4.81. The van der Waals surface area contributed by atoms with Crippen molar-refractivity contribution in [1.82, 2.24) is 15.2 Å². The zero-order chi connectivity index (χ0) is 16.2. The van der Waals surface area contributed by atoms with Crippen molar-refractivity contribution in [2.75, 3.05) is 12.3 Å². The number of nitrogens with one attached hydrogen (secondary N) is 2. The van der Waals surface area contributed by atoms with Crippen molar-refractivity contribution in [3.05, 3.63) is 18.0 Å². The number of nitrogens with two attached hydrogens (primary N) is 1. The molecule has 0 aliphatic heterocycles. The summed E-state index contributed by atoms with van der Waals surface area (Å²) in [6.45, 7) is 10.2. The van der Waals surface area contributed by atoms with Crippen LogP contribution >= 0.6 is 0 Å². The van der Waals surface area contributed by atoms with E-state index in [1.54, 1.807) is 23.8 Å². The Hall–Kier alpha value is -1.98. The van der Waals surface area contributed by atoms with Crippen LogP contribution in [0, 0.1) is 5.92 Å². The molecule has 1 aromatic rings. The second kappa shape index (κ2) is 7.15. The molecule has 0 radical (unpaired) electrons. The summed E-state index contributed by atoms with van der Waals surface area (Å²) >= 11 is 0. The third-order valence-electron chi connectivity index (χ3n) is 3.08. The highest BCUT2D eigenvalue weighted by Gasteiger charge is 2.20. The number of nitrogen functional groups attached to an aromatic ring is 1. The molecular formula is C15H26N4O2. The Morgan fingerprint density at radius 3 is 2.38 bits per heavy atom. The van der Waals surface area contributed by atoms with Gasteiger partial charge in [0, 0.05) is 18.8 Å². The van der Waals surface area contributed by atoms with Crippen LogP contribution in [0.25, 0.3) is 0 Å². The van der Waals surface area contributed by atoms with Gasteiger partial charge >= 0.3 is 0 Å². The third-order valence-corrected chi connectivity index (χ3v) is 3.08. The summed E-state index contributed by atoms with van der Waals surface area (Å²) in [5, 5.41) is 5.50. The van der Waals surface area contributed by atoms with Gasteiger partial charge in [0.15, 0.2) is 0 Å². The number of carbonyl (C=O) groups excluding carboxylic acids is 2. The number of hydrogen-bond donors (Lipinski definition) is 3. The van der Waals surface area contributed by atoms with E-state index in [0.717, 1.165) is 0 Å². The first-order valence-corrected chi connectivity index (χ1v) is 7.28. The van der Waals surface area contributed by atoms with Gasteiger partial charge in [0.1, 0.15) is 11.7 Å². The van der Waals surface area contributed by atoms with Gasteiger partial charge in [-0.15, -0.1) is 0 Å². The molecule has 1 atom stereocenters.